The molecule has 0 aromatic heterocycles. The molecule has 1 aliphatic rings. The van der Waals surface area contributed by atoms with Gasteiger partial charge in [0.15, 0.2) is 0 Å². The highest BCUT2D eigenvalue weighted by Gasteiger charge is 2.31. The van der Waals surface area contributed by atoms with Gasteiger partial charge in [-0.1, -0.05) is 19.1 Å². The standard InChI is InChI=1S/C9H17N/c1-7(2)5-10-6-9-4-8(9)3/h8-10H,1,4-6H2,2-3H3. The Bertz CT molecular complexity index is 129. The number of hydrogen-bond acceptors (Lipinski definition) is 1. The highest BCUT2D eigenvalue weighted by molar-refractivity contribution is 4.92. The van der Waals surface area contributed by atoms with Crippen LogP contribution in [0.3, 0.4) is 0 Å². The quantitative estimate of drug-likeness (QED) is 0.586. The van der Waals surface area contributed by atoms with E-state index < -0.39 is 0 Å². The number of hydrogen-bond donors (Lipinski definition) is 1. The monoisotopic (exact) mass is 139 g/mol. The normalized spacial score (nSPS) is 30.2. The van der Waals surface area contributed by atoms with Crippen molar-refractivity contribution in [1.82, 2.24) is 5.32 Å². The second-order valence-electron chi connectivity index (χ2n) is 3.56. The third-order valence-electron chi connectivity index (χ3n) is 2.11. The summed E-state index contributed by atoms with van der Waals surface area (Å²) in [6.45, 7) is 10.4. The molecule has 0 heterocycles. The van der Waals surface area contributed by atoms with Crippen LogP contribution in [-0.2, 0) is 0 Å². The third kappa shape index (κ3) is 2.53. The van der Waals surface area contributed by atoms with Crippen molar-refractivity contribution in [3.8, 4) is 0 Å². The van der Waals surface area contributed by atoms with Crippen molar-refractivity contribution in [3.63, 3.8) is 0 Å². The molecule has 0 radical (unpaired) electrons. The zero-order valence-corrected chi connectivity index (χ0v) is 6.98. The van der Waals surface area contributed by atoms with Gasteiger partial charge in [0.1, 0.15) is 0 Å². The van der Waals surface area contributed by atoms with E-state index in [0.717, 1.165) is 18.4 Å². The van der Waals surface area contributed by atoms with Crippen LogP contribution in [0.5, 0.6) is 0 Å². The van der Waals surface area contributed by atoms with E-state index in [9.17, 15) is 0 Å². The molecule has 0 spiro atoms. The predicted molar refractivity (Wildman–Crippen MR) is 45.0 cm³/mol. The summed E-state index contributed by atoms with van der Waals surface area (Å²) in [5.74, 6) is 1.93. The Morgan fingerprint density at radius 3 is 2.70 bits per heavy atom. The van der Waals surface area contributed by atoms with E-state index in [1.807, 2.05) is 0 Å². The molecule has 0 aromatic rings. The molecule has 1 aliphatic carbocycles. The molecule has 0 aliphatic heterocycles. The van der Waals surface area contributed by atoms with Crippen molar-refractivity contribution < 1.29 is 0 Å². The first-order valence-corrected chi connectivity index (χ1v) is 4.05. The van der Waals surface area contributed by atoms with Gasteiger partial charge in [0.25, 0.3) is 0 Å². The molecular weight excluding hydrogens is 122 g/mol. The molecule has 2 unspecified atom stereocenters. The molecule has 1 fully saturated rings. The smallest absolute Gasteiger partial charge is 0.0159 e. The zero-order chi connectivity index (χ0) is 7.56. The van der Waals surface area contributed by atoms with E-state index in [1.54, 1.807) is 0 Å². The molecular formula is C9H17N. The van der Waals surface area contributed by atoms with Crippen LogP contribution in [0, 0.1) is 11.8 Å². The van der Waals surface area contributed by atoms with Gasteiger partial charge in [-0.15, -0.1) is 0 Å². The second-order valence-corrected chi connectivity index (χ2v) is 3.56. The van der Waals surface area contributed by atoms with E-state index in [0.29, 0.717) is 0 Å². The van der Waals surface area contributed by atoms with Crippen molar-refractivity contribution in [3.05, 3.63) is 12.2 Å². The Hall–Kier alpha value is -0.300. The van der Waals surface area contributed by atoms with Crippen LogP contribution >= 0.6 is 0 Å². The molecule has 0 aromatic carbocycles. The average molecular weight is 139 g/mol. The van der Waals surface area contributed by atoms with Crippen LogP contribution in [0.25, 0.3) is 0 Å². The molecule has 1 nitrogen and oxygen atoms in total. The molecule has 1 N–H and O–H groups in total. The average Bonchev–Trinajstić information content (AvgIpc) is 2.46. The van der Waals surface area contributed by atoms with E-state index in [4.69, 9.17) is 0 Å². The summed E-state index contributed by atoms with van der Waals surface area (Å²) in [6.07, 6.45) is 1.42. The Labute approximate surface area is 63.5 Å². The molecule has 0 saturated heterocycles. The third-order valence-corrected chi connectivity index (χ3v) is 2.11. The Kier molecular flexibility index (Phi) is 2.50. The maximum atomic E-state index is 3.83. The summed E-state index contributed by atoms with van der Waals surface area (Å²) in [5, 5.41) is 3.38. The highest BCUT2D eigenvalue weighted by Crippen LogP contribution is 2.36. The van der Waals surface area contributed by atoms with Gasteiger partial charge in [0.2, 0.25) is 0 Å². The van der Waals surface area contributed by atoms with E-state index >= 15 is 0 Å². The van der Waals surface area contributed by atoms with Crippen LogP contribution in [0.4, 0.5) is 0 Å². The van der Waals surface area contributed by atoms with Gasteiger partial charge in [-0.3, -0.25) is 0 Å². The first-order valence-electron chi connectivity index (χ1n) is 4.05. The summed E-state index contributed by atoms with van der Waals surface area (Å²) < 4.78 is 0. The van der Waals surface area contributed by atoms with Crippen LogP contribution in [0.15, 0.2) is 12.2 Å². The first-order chi connectivity index (χ1) is 4.70. The molecule has 0 amide bonds. The van der Waals surface area contributed by atoms with Crippen molar-refractivity contribution in [2.24, 2.45) is 11.8 Å². The van der Waals surface area contributed by atoms with Gasteiger partial charge >= 0.3 is 0 Å². The Balaban J connectivity index is 1.91. The first kappa shape index (κ1) is 7.80. The summed E-state index contributed by atoms with van der Waals surface area (Å²) in [6, 6.07) is 0. The van der Waals surface area contributed by atoms with Gasteiger partial charge in [0.05, 0.1) is 0 Å². The number of rotatable bonds is 4. The molecule has 0 bridgehead atoms. The lowest BCUT2D eigenvalue weighted by Crippen LogP contribution is -2.18. The lowest BCUT2D eigenvalue weighted by atomic mass is 10.3. The number of nitrogens with one attached hydrogen (secondary N) is 1. The van der Waals surface area contributed by atoms with Crippen LogP contribution < -0.4 is 5.32 Å². The molecule has 58 valence electrons. The summed E-state index contributed by atoms with van der Waals surface area (Å²) in [7, 11) is 0. The van der Waals surface area contributed by atoms with Crippen molar-refractivity contribution in [2.75, 3.05) is 13.1 Å². The highest BCUT2D eigenvalue weighted by atomic mass is 14.9. The van der Waals surface area contributed by atoms with Gasteiger partial charge in [0, 0.05) is 6.54 Å². The summed E-state index contributed by atoms with van der Waals surface area (Å²) in [5.41, 5.74) is 1.23. The van der Waals surface area contributed by atoms with Gasteiger partial charge in [-0.05, 0) is 31.7 Å². The fraction of sp³-hybridized carbons (Fsp3) is 0.778. The van der Waals surface area contributed by atoms with Crippen LogP contribution in [0.2, 0.25) is 0 Å². The minimum Gasteiger partial charge on any atom is -0.313 e. The molecule has 10 heavy (non-hydrogen) atoms. The van der Waals surface area contributed by atoms with Crippen molar-refractivity contribution in [2.45, 2.75) is 20.3 Å². The van der Waals surface area contributed by atoms with E-state index in [1.165, 1.54) is 18.5 Å². The maximum Gasteiger partial charge on any atom is 0.0159 e. The van der Waals surface area contributed by atoms with Gasteiger partial charge in [-0.25, -0.2) is 0 Å². The lowest BCUT2D eigenvalue weighted by molar-refractivity contribution is 0.639. The largest absolute Gasteiger partial charge is 0.313 e. The molecule has 1 heteroatoms. The van der Waals surface area contributed by atoms with Crippen LogP contribution in [0.1, 0.15) is 20.3 Å². The van der Waals surface area contributed by atoms with Gasteiger partial charge < -0.3 is 5.32 Å². The minimum atomic E-state index is 0.958. The molecule has 1 rings (SSSR count). The van der Waals surface area contributed by atoms with Crippen LogP contribution in [-0.4, -0.2) is 13.1 Å². The summed E-state index contributed by atoms with van der Waals surface area (Å²) >= 11 is 0. The second kappa shape index (κ2) is 3.20. The zero-order valence-electron chi connectivity index (χ0n) is 6.98. The van der Waals surface area contributed by atoms with Crippen molar-refractivity contribution in [1.29, 1.82) is 0 Å². The van der Waals surface area contributed by atoms with Crippen molar-refractivity contribution >= 4 is 0 Å². The lowest BCUT2D eigenvalue weighted by Gasteiger charge is -2.01. The molecule has 2 atom stereocenters. The topological polar surface area (TPSA) is 12.0 Å². The molecule has 1 saturated carbocycles. The minimum absolute atomic E-state index is 0.958. The van der Waals surface area contributed by atoms with E-state index in [2.05, 4.69) is 25.7 Å². The maximum absolute atomic E-state index is 3.83. The fourth-order valence-corrected chi connectivity index (χ4v) is 1.15. The summed E-state index contributed by atoms with van der Waals surface area (Å²) in [4.78, 5) is 0. The SMILES string of the molecule is C=C(C)CNCC1CC1C. The fourth-order valence-electron chi connectivity index (χ4n) is 1.15. The van der Waals surface area contributed by atoms with Gasteiger partial charge in [-0.2, -0.15) is 0 Å². The predicted octanol–water partition coefficient (Wildman–Crippen LogP) is 1.81. The Morgan fingerprint density at radius 2 is 2.30 bits per heavy atom. The van der Waals surface area contributed by atoms with E-state index in [-0.39, 0.29) is 0 Å². The Morgan fingerprint density at radius 1 is 1.70 bits per heavy atom.